The summed E-state index contributed by atoms with van der Waals surface area (Å²) in [6, 6.07) is 14.8. The minimum atomic E-state index is 0.163. The predicted molar refractivity (Wildman–Crippen MR) is 117 cm³/mol. The van der Waals surface area contributed by atoms with Crippen molar-refractivity contribution in [2.24, 2.45) is 0 Å². The smallest absolute Gasteiger partial charge is 0.253 e. The molecule has 1 amide bonds. The molecule has 2 aromatic rings. The van der Waals surface area contributed by atoms with Gasteiger partial charge in [-0.2, -0.15) is 0 Å². The second-order valence-electron chi connectivity index (χ2n) is 8.31. The number of nitrogens with zero attached hydrogens (tertiary/aromatic N) is 3. The fourth-order valence-corrected chi connectivity index (χ4v) is 3.93. The molecule has 4 nitrogen and oxygen atoms in total. The molecule has 28 heavy (non-hydrogen) atoms. The van der Waals surface area contributed by atoms with E-state index in [1.807, 2.05) is 11.0 Å². The second-order valence-corrected chi connectivity index (χ2v) is 8.31. The standard InChI is InChI=1S/C24H33N3O/c1-25(2)13-7-15-27(16-8-14-26(3)4)24(28)20-11-12-23-21(18-20)17-19-9-5-6-10-22(19)23/h5-6,9-12,18H,7-8,13-17H2,1-4H3. The number of carbonyl (C=O) groups excluding carboxylic acids is 1. The number of hydrogen-bond donors (Lipinski definition) is 0. The van der Waals surface area contributed by atoms with Crippen molar-refractivity contribution < 1.29 is 4.79 Å². The maximum atomic E-state index is 13.3. The van der Waals surface area contributed by atoms with Gasteiger partial charge in [0.05, 0.1) is 0 Å². The highest BCUT2D eigenvalue weighted by molar-refractivity contribution is 5.95. The van der Waals surface area contributed by atoms with Crippen LogP contribution in [-0.2, 0) is 6.42 Å². The number of fused-ring (bicyclic) bond motifs is 3. The molecule has 0 spiro atoms. The Morgan fingerprint density at radius 2 is 1.39 bits per heavy atom. The molecule has 150 valence electrons. The maximum absolute atomic E-state index is 13.3. The summed E-state index contributed by atoms with van der Waals surface area (Å²) in [5, 5.41) is 0. The van der Waals surface area contributed by atoms with Gasteiger partial charge in [-0.25, -0.2) is 0 Å². The van der Waals surface area contributed by atoms with Gasteiger partial charge in [-0.3, -0.25) is 4.79 Å². The summed E-state index contributed by atoms with van der Waals surface area (Å²) in [7, 11) is 8.32. The lowest BCUT2D eigenvalue weighted by molar-refractivity contribution is 0.0744. The minimum Gasteiger partial charge on any atom is -0.339 e. The molecule has 0 radical (unpaired) electrons. The van der Waals surface area contributed by atoms with Crippen LogP contribution in [0, 0.1) is 0 Å². The Morgan fingerprint density at radius 1 is 0.786 bits per heavy atom. The largest absolute Gasteiger partial charge is 0.339 e. The first-order valence-electron chi connectivity index (χ1n) is 10.3. The SMILES string of the molecule is CN(C)CCCN(CCCN(C)C)C(=O)c1ccc2c(c1)Cc1ccccc1-2. The monoisotopic (exact) mass is 379 g/mol. The lowest BCUT2D eigenvalue weighted by Gasteiger charge is -2.25. The summed E-state index contributed by atoms with van der Waals surface area (Å²) in [5.41, 5.74) is 6.04. The lowest BCUT2D eigenvalue weighted by atomic mass is 10.0. The van der Waals surface area contributed by atoms with Crippen LogP contribution in [0.4, 0.5) is 0 Å². The van der Waals surface area contributed by atoms with Crippen molar-refractivity contribution in [3.05, 3.63) is 59.2 Å². The van der Waals surface area contributed by atoms with Crippen molar-refractivity contribution in [2.75, 3.05) is 54.4 Å². The van der Waals surface area contributed by atoms with Crippen molar-refractivity contribution in [2.45, 2.75) is 19.3 Å². The van der Waals surface area contributed by atoms with Gasteiger partial charge in [-0.1, -0.05) is 30.3 Å². The molecular weight excluding hydrogens is 346 g/mol. The molecule has 0 fully saturated rings. The van der Waals surface area contributed by atoms with Crippen LogP contribution in [0.1, 0.15) is 34.3 Å². The topological polar surface area (TPSA) is 26.8 Å². The van der Waals surface area contributed by atoms with Crippen molar-refractivity contribution >= 4 is 5.91 Å². The first-order chi connectivity index (χ1) is 13.5. The Morgan fingerprint density at radius 3 is 2.04 bits per heavy atom. The van der Waals surface area contributed by atoms with Crippen molar-refractivity contribution in [1.29, 1.82) is 0 Å². The normalized spacial score (nSPS) is 12.4. The maximum Gasteiger partial charge on any atom is 0.253 e. The molecule has 0 unspecified atom stereocenters. The molecule has 1 aliphatic carbocycles. The van der Waals surface area contributed by atoms with Gasteiger partial charge < -0.3 is 14.7 Å². The first-order valence-corrected chi connectivity index (χ1v) is 10.3. The minimum absolute atomic E-state index is 0.163. The quantitative estimate of drug-likeness (QED) is 0.568. The molecule has 0 atom stereocenters. The summed E-state index contributed by atoms with van der Waals surface area (Å²) in [5.74, 6) is 0.163. The average Bonchev–Trinajstić information content (AvgIpc) is 3.03. The molecule has 0 saturated carbocycles. The third-order valence-corrected chi connectivity index (χ3v) is 5.39. The van der Waals surface area contributed by atoms with E-state index < -0.39 is 0 Å². The first kappa shape index (κ1) is 20.6. The van der Waals surface area contributed by atoms with Crippen LogP contribution in [0.3, 0.4) is 0 Å². The van der Waals surface area contributed by atoms with Gasteiger partial charge in [-0.15, -0.1) is 0 Å². The highest BCUT2D eigenvalue weighted by Gasteiger charge is 2.21. The van der Waals surface area contributed by atoms with Gasteiger partial charge in [0.1, 0.15) is 0 Å². The molecule has 0 N–H and O–H groups in total. The van der Waals surface area contributed by atoms with Crippen molar-refractivity contribution in [3.8, 4) is 11.1 Å². The van der Waals surface area contributed by atoms with E-state index in [1.54, 1.807) is 0 Å². The summed E-state index contributed by atoms with van der Waals surface area (Å²) in [6.07, 6.45) is 2.92. The van der Waals surface area contributed by atoms with Crippen molar-refractivity contribution in [1.82, 2.24) is 14.7 Å². The Hall–Kier alpha value is -2.17. The molecule has 0 aliphatic heterocycles. The molecule has 0 aromatic heterocycles. The number of rotatable bonds is 9. The summed E-state index contributed by atoms with van der Waals surface area (Å²) in [4.78, 5) is 19.7. The van der Waals surface area contributed by atoms with Gasteiger partial charge in [0, 0.05) is 18.7 Å². The van der Waals surface area contributed by atoms with Gasteiger partial charge >= 0.3 is 0 Å². The van der Waals surface area contributed by atoms with Gasteiger partial charge in [0.2, 0.25) is 0 Å². The zero-order valence-electron chi connectivity index (χ0n) is 17.7. The van der Waals surface area contributed by atoms with Gasteiger partial charge in [-0.05, 0) is 94.9 Å². The van der Waals surface area contributed by atoms with E-state index >= 15 is 0 Å². The lowest BCUT2D eigenvalue weighted by Crippen LogP contribution is -2.35. The fraction of sp³-hybridized carbons (Fsp3) is 0.458. The van der Waals surface area contributed by atoms with Crippen LogP contribution in [0.2, 0.25) is 0 Å². The average molecular weight is 380 g/mol. The van der Waals surface area contributed by atoms with Crippen LogP contribution in [0.15, 0.2) is 42.5 Å². The van der Waals surface area contributed by atoms with E-state index in [0.717, 1.165) is 51.0 Å². The number of amides is 1. The van der Waals surface area contributed by atoms with Gasteiger partial charge in [0.15, 0.2) is 0 Å². The number of hydrogen-bond acceptors (Lipinski definition) is 3. The number of carbonyl (C=O) groups is 1. The van der Waals surface area contributed by atoms with Crippen LogP contribution in [0.25, 0.3) is 11.1 Å². The summed E-state index contributed by atoms with van der Waals surface area (Å²) in [6.45, 7) is 3.61. The fourth-order valence-electron chi connectivity index (χ4n) is 3.93. The highest BCUT2D eigenvalue weighted by atomic mass is 16.2. The molecule has 1 aliphatic rings. The summed E-state index contributed by atoms with van der Waals surface area (Å²) < 4.78 is 0. The molecule has 0 heterocycles. The molecular formula is C24H33N3O. The predicted octanol–water partition coefficient (Wildman–Crippen LogP) is 3.60. The molecule has 3 rings (SSSR count). The van der Waals surface area contributed by atoms with Crippen LogP contribution >= 0.6 is 0 Å². The van der Waals surface area contributed by atoms with Crippen LogP contribution < -0.4 is 0 Å². The van der Waals surface area contributed by atoms with Gasteiger partial charge in [0.25, 0.3) is 5.91 Å². The molecule has 4 heteroatoms. The Kier molecular flexibility index (Phi) is 6.87. The molecule has 0 saturated heterocycles. The third-order valence-electron chi connectivity index (χ3n) is 5.39. The summed E-state index contributed by atoms with van der Waals surface area (Å²) >= 11 is 0. The Labute approximate surface area is 169 Å². The zero-order chi connectivity index (χ0) is 20.1. The van der Waals surface area contributed by atoms with E-state index in [2.05, 4.69) is 74.4 Å². The second kappa shape index (κ2) is 9.35. The third kappa shape index (κ3) is 5.00. The van der Waals surface area contributed by atoms with E-state index in [4.69, 9.17) is 0 Å². The molecule has 0 bridgehead atoms. The number of benzene rings is 2. The van der Waals surface area contributed by atoms with Crippen LogP contribution in [-0.4, -0.2) is 75.0 Å². The highest BCUT2D eigenvalue weighted by Crippen LogP contribution is 2.36. The molecule has 2 aromatic carbocycles. The zero-order valence-corrected chi connectivity index (χ0v) is 17.7. The van der Waals surface area contributed by atoms with Crippen LogP contribution in [0.5, 0.6) is 0 Å². The van der Waals surface area contributed by atoms with Crippen molar-refractivity contribution in [3.63, 3.8) is 0 Å². The van der Waals surface area contributed by atoms with E-state index in [9.17, 15) is 4.79 Å². The Bertz CT molecular complexity index is 799. The Balaban J connectivity index is 1.73. The van der Waals surface area contributed by atoms with E-state index in [1.165, 1.54) is 22.3 Å². The van der Waals surface area contributed by atoms with E-state index in [-0.39, 0.29) is 5.91 Å². The van der Waals surface area contributed by atoms with E-state index in [0.29, 0.717) is 0 Å².